The highest BCUT2D eigenvalue weighted by molar-refractivity contribution is 7.89. The molecule has 1 heterocycles. The van der Waals surface area contributed by atoms with Crippen LogP contribution in [0.15, 0.2) is 18.2 Å². The molecular formula is C13H18N2O4S. The summed E-state index contributed by atoms with van der Waals surface area (Å²) in [6, 6.07) is 5.45. The lowest BCUT2D eigenvalue weighted by molar-refractivity contribution is -0.117. The van der Waals surface area contributed by atoms with E-state index in [0.29, 0.717) is 6.54 Å². The monoisotopic (exact) mass is 298 g/mol. The molecule has 1 amide bonds. The second-order valence-corrected chi connectivity index (χ2v) is 6.72. The first kappa shape index (κ1) is 14.8. The van der Waals surface area contributed by atoms with Gasteiger partial charge in [-0.05, 0) is 30.7 Å². The highest BCUT2D eigenvalue weighted by Crippen LogP contribution is 2.29. The van der Waals surface area contributed by atoms with E-state index in [2.05, 4.69) is 0 Å². The summed E-state index contributed by atoms with van der Waals surface area (Å²) >= 11 is 0. The lowest BCUT2D eigenvalue weighted by Crippen LogP contribution is -2.27. The number of nitrogens with zero attached hydrogens (tertiary/aromatic N) is 1. The highest BCUT2D eigenvalue weighted by atomic mass is 32.2. The number of anilines is 1. The minimum Gasteiger partial charge on any atom is -0.496 e. The van der Waals surface area contributed by atoms with Gasteiger partial charge in [0.2, 0.25) is 15.9 Å². The number of rotatable bonds is 4. The van der Waals surface area contributed by atoms with Crippen LogP contribution >= 0.6 is 0 Å². The van der Waals surface area contributed by atoms with Crippen LogP contribution in [-0.2, 0) is 14.8 Å². The Hall–Kier alpha value is -1.60. The number of amides is 1. The zero-order valence-electron chi connectivity index (χ0n) is 11.5. The summed E-state index contributed by atoms with van der Waals surface area (Å²) in [6.45, 7) is 2.27. The van der Waals surface area contributed by atoms with Crippen LogP contribution in [0.25, 0.3) is 0 Å². The molecule has 1 unspecified atom stereocenters. The van der Waals surface area contributed by atoms with Crippen molar-refractivity contribution in [2.75, 3.05) is 24.3 Å². The Kier molecular flexibility index (Phi) is 4.01. The Morgan fingerprint density at radius 3 is 2.70 bits per heavy atom. The number of aryl methyl sites for hydroxylation is 1. The Morgan fingerprint density at radius 1 is 1.45 bits per heavy atom. The summed E-state index contributed by atoms with van der Waals surface area (Å²) in [6.07, 6.45) is 0.210. The van der Waals surface area contributed by atoms with Crippen molar-refractivity contribution in [2.45, 2.75) is 13.3 Å². The third kappa shape index (κ3) is 3.29. The zero-order chi connectivity index (χ0) is 14.9. The first-order valence-corrected chi connectivity index (χ1v) is 7.97. The van der Waals surface area contributed by atoms with Crippen molar-refractivity contribution in [3.8, 4) is 5.75 Å². The molecule has 1 atom stereocenters. The SMILES string of the molecule is COc1ccc(N2CC(CS(N)(=O)=O)CC2=O)cc1C. The summed E-state index contributed by atoms with van der Waals surface area (Å²) in [5.41, 5.74) is 1.68. The van der Waals surface area contributed by atoms with Crippen LogP contribution < -0.4 is 14.8 Å². The summed E-state index contributed by atoms with van der Waals surface area (Å²) in [7, 11) is -1.97. The second-order valence-electron chi connectivity index (χ2n) is 5.06. The van der Waals surface area contributed by atoms with Crippen LogP contribution in [0.2, 0.25) is 0 Å². The lowest BCUT2D eigenvalue weighted by atomic mass is 10.1. The van der Waals surface area contributed by atoms with E-state index in [4.69, 9.17) is 9.88 Å². The van der Waals surface area contributed by atoms with Crippen molar-refractivity contribution < 1.29 is 17.9 Å². The smallest absolute Gasteiger partial charge is 0.227 e. The number of hydrogen-bond acceptors (Lipinski definition) is 4. The fraction of sp³-hybridized carbons (Fsp3) is 0.462. The van der Waals surface area contributed by atoms with Crippen molar-refractivity contribution in [1.29, 1.82) is 0 Å². The van der Waals surface area contributed by atoms with Gasteiger partial charge in [-0.3, -0.25) is 4.79 Å². The van der Waals surface area contributed by atoms with Gasteiger partial charge in [0.1, 0.15) is 5.75 Å². The average Bonchev–Trinajstić information content (AvgIpc) is 2.67. The molecule has 1 saturated heterocycles. The molecule has 0 radical (unpaired) electrons. The Labute approximate surface area is 118 Å². The number of sulfonamides is 1. The minimum atomic E-state index is -3.55. The van der Waals surface area contributed by atoms with Crippen LogP contribution in [-0.4, -0.2) is 33.7 Å². The van der Waals surface area contributed by atoms with Gasteiger partial charge in [0.15, 0.2) is 0 Å². The molecule has 1 aromatic carbocycles. The second kappa shape index (κ2) is 5.41. The molecule has 7 heteroatoms. The van der Waals surface area contributed by atoms with E-state index in [9.17, 15) is 13.2 Å². The number of hydrogen-bond donors (Lipinski definition) is 1. The normalized spacial score (nSPS) is 19.4. The van der Waals surface area contributed by atoms with Crippen LogP contribution in [0.1, 0.15) is 12.0 Å². The van der Waals surface area contributed by atoms with Crippen molar-refractivity contribution in [3.63, 3.8) is 0 Å². The van der Waals surface area contributed by atoms with Gasteiger partial charge < -0.3 is 9.64 Å². The molecule has 1 aliphatic rings. The maximum atomic E-state index is 12.0. The summed E-state index contributed by atoms with van der Waals surface area (Å²) in [5, 5.41) is 5.03. The molecule has 6 nitrogen and oxygen atoms in total. The van der Waals surface area contributed by atoms with E-state index >= 15 is 0 Å². The number of nitrogens with two attached hydrogens (primary N) is 1. The van der Waals surface area contributed by atoms with Crippen LogP contribution in [0, 0.1) is 12.8 Å². The largest absolute Gasteiger partial charge is 0.496 e. The zero-order valence-corrected chi connectivity index (χ0v) is 12.3. The molecule has 1 aliphatic heterocycles. The predicted molar refractivity (Wildman–Crippen MR) is 76.2 cm³/mol. The standard InChI is InChI=1S/C13H18N2O4S/c1-9-5-11(3-4-12(9)19-2)15-7-10(6-13(15)16)8-20(14,17)18/h3-5,10H,6-8H2,1-2H3,(H2,14,17,18). The minimum absolute atomic E-state index is 0.0804. The summed E-state index contributed by atoms with van der Waals surface area (Å²) < 4.78 is 27.4. The molecule has 0 bridgehead atoms. The Morgan fingerprint density at radius 2 is 2.15 bits per heavy atom. The average molecular weight is 298 g/mol. The fourth-order valence-corrected chi connectivity index (χ4v) is 3.38. The molecule has 2 N–H and O–H groups in total. The Balaban J connectivity index is 2.18. The van der Waals surface area contributed by atoms with E-state index < -0.39 is 10.0 Å². The molecule has 1 fully saturated rings. The Bertz CT molecular complexity index is 627. The molecule has 20 heavy (non-hydrogen) atoms. The maximum Gasteiger partial charge on any atom is 0.227 e. The van der Waals surface area contributed by atoms with E-state index in [-0.39, 0.29) is 24.0 Å². The van der Waals surface area contributed by atoms with Crippen molar-refractivity contribution in [3.05, 3.63) is 23.8 Å². The molecule has 0 aromatic heterocycles. The molecule has 0 spiro atoms. The van der Waals surface area contributed by atoms with Crippen LogP contribution in [0.5, 0.6) is 5.75 Å². The van der Waals surface area contributed by atoms with Crippen molar-refractivity contribution >= 4 is 21.6 Å². The van der Waals surface area contributed by atoms with Crippen molar-refractivity contribution in [1.82, 2.24) is 0 Å². The van der Waals surface area contributed by atoms with Crippen LogP contribution in [0.4, 0.5) is 5.69 Å². The van der Waals surface area contributed by atoms with E-state index in [1.54, 1.807) is 24.1 Å². The molecule has 110 valence electrons. The molecule has 1 aromatic rings. The van der Waals surface area contributed by atoms with Gasteiger partial charge in [-0.1, -0.05) is 0 Å². The van der Waals surface area contributed by atoms with E-state index in [1.807, 2.05) is 13.0 Å². The number of carbonyl (C=O) groups excluding carboxylic acids is 1. The number of methoxy groups -OCH3 is 1. The molecule has 0 aliphatic carbocycles. The summed E-state index contributed by atoms with van der Waals surface area (Å²) in [4.78, 5) is 13.6. The van der Waals surface area contributed by atoms with Crippen LogP contribution in [0.3, 0.4) is 0 Å². The number of primary sulfonamides is 1. The third-order valence-corrected chi connectivity index (χ3v) is 4.30. The predicted octanol–water partition coefficient (Wildman–Crippen LogP) is 0.645. The van der Waals surface area contributed by atoms with Gasteiger partial charge in [0, 0.05) is 24.6 Å². The first-order valence-electron chi connectivity index (χ1n) is 6.25. The molecular weight excluding hydrogens is 280 g/mol. The van der Waals surface area contributed by atoms with E-state index in [0.717, 1.165) is 17.0 Å². The topological polar surface area (TPSA) is 89.7 Å². The van der Waals surface area contributed by atoms with Crippen molar-refractivity contribution in [2.24, 2.45) is 11.1 Å². The quantitative estimate of drug-likeness (QED) is 0.883. The maximum absolute atomic E-state index is 12.0. The lowest BCUT2D eigenvalue weighted by Gasteiger charge is -2.18. The van der Waals surface area contributed by atoms with Gasteiger partial charge >= 0.3 is 0 Å². The third-order valence-electron chi connectivity index (χ3n) is 3.36. The van der Waals surface area contributed by atoms with Gasteiger partial charge in [-0.15, -0.1) is 0 Å². The number of benzene rings is 1. The van der Waals surface area contributed by atoms with Gasteiger partial charge in [-0.2, -0.15) is 0 Å². The fourth-order valence-electron chi connectivity index (χ4n) is 2.50. The molecule has 2 rings (SSSR count). The van der Waals surface area contributed by atoms with E-state index in [1.165, 1.54) is 0 Å². The molecule has 0 saturated carbocycles. The van der Waals surface area contributed by atoms with Gasteiger partial charge in [-0.25, -0.2) is 13.6 Å². The first-order chi connectivity index (χ1) is 9.30. The van der Waals surface area contributed by atoms with Gasteiger partial charge in [0.25, 0.3) is 0 Å². The van der Waals surface area contributed by atoms with Gasteiger partial charge in [0.05, 0.1) is 12.9 Å². The number of ether oxygens (including phenoxy) is 1. The summed E-state index contributed by atoms with van der Waals surface area (Å²) in [5.74, 6) is 0.259. The number of carbonyl (C=O) groups is 1. The highest BCUT2D eigenvalue weighted by Gasteiger charge is 2.32.